The second-order valence-electron chi connectivity index (χ2n) is 6.57. The maximum Gasteiger partial charge on any atom is 0.257 e. The Labute approximate surface area is 167 Å². The minimum absolute atomic E-state index is 0.0460. The van der Waals surface area contributed by atoms with Gasteiger partial charge >= 0.3 is 0 Å². The molecule has 11 heteroatoms. The first-order chi connectivity index (χ1) is 13.5. The van der Waals surface area contributed by atoms with Crippen LogP contribution in [0.1, 0.15) is 23.0 Å². The zero-order valence-corrected chi connectivity index (χ0v) is 17.1. The van der Waals surface area contributed by atoms with Crippen molar-refractivity contribution in [2.75, 3.05) is 21.6 Å². The van der Waals surface area contributed by atoms with E-state index >= 15 is 0 Å². The number of hydrogen-bond donors (Lipinski definition) is 3. The van der Waals surface area contributed by atoms with Gasteiger partial charge in [0, 0.05) is 25.0 Å². The number of pyridine rings is 1. The summed E-state index contributed by atoms with van der Waals surface area (Å²) in [5, 5.41) is 10.3. The Morgan fingerprint density at radius 3 is 2.48 bits per heavy atom. The quantitative estimate of drug-likeness (QED) is 0.581. The Hall–Kier alpha value is -3.47. The second kappa shape index (κ2) is 7.51. The van der Waals surface area contributed by atoms with E-state index in [1.807, 2.05) is 6.92 Å². The number of aromatic nitrogens is 3. The third-order valence-corrected chi connectivity index (χ3v) is 4.59. The van der Waals surface area contributed by atoms with E-state index in [1.165, 1.54) is 31.3 Å². The Balaban J connectivity index is 1.97. The summed E-state index contributed by atoms with van der Waals surface area (Å²) in [5.74, 6) is -0.882. The Bertz CT molecular complexity index is 1230. The van der Waals surface area contributed by atoms with E-state index in [-0.39, 0.29) is 17.2 Å². The van der Waals surface area contributed by atoms with Crippen LogP contribution in [0.4, 0.5) is 17.1 Å². The molecule has 0 aliphatic carbocycles. The molecule has 2 heterocycles. The predicted molar refractivity (Wildman–Crippen MR) is 110 cm³/mol. The zero-order chi connectivity index (χ0) is 21.3. The van der Waals surface area contributed by atoms with Crippen LogP contribution < -0.4 is 15.4 Å². The highest BCUT2D eigenvalue weighted by Crippen LogP contribution is 2.24. The van der Waals surface area contributed by atoms with E-state index in [0.717, 1.165) is 17.3 Å². The Morgan fingerprint density at radius 2 is 1.83 bits per heavy atom. The lowest BCUT2D eigenvalue weighted by Gasteiger charge is -2.13. The number of anilines is 3. The van der Waals surface area contributed by atoms with Gasteiger partial charge in [-0.15, -0.1) is 0 Å². The number of hydrogen-bond acceptors (Lipinski definition) is 6. The fourth-order valence-corrected chi connectivity index (χ4v) is 3.45. The molecule has 29 heavy (non-hydrogen) atoms. The Kier molecular flexibility index (Phi) is 5.25. The average molecular weight is 416 g/mol. The summed E-state index contributed by atoms with van der Waals surface area (Å²) < 4.78 is 27.3. The molecule has 2 amide bonds. The van der Waals surface area contributed by atoms with Crippen LogP contribution in [-0.2, 0) is 21.9 Å². The largest absolute Gasteiger partial charge is 0.326 e. The molecule has 0 aliphatic heterocycles. The molecule has 0 saturated carbocycles. The maximum absolute atomic E-state index is 12.9. The molecule has 3 rings (SSSR count). The van der Waals surface area contributed by atoms with Crippen LogP contribution in [0.2, 0.25) is 0 Å². The highest BCUT2D eigenvalue weighted by Gasteiger charge is 2.17. The molecule has 2 aromatic heterocycles. The van der Waals surface area contributed by atoms with Crippen molar-refractivity contribution in [1.29, 1.82) is 0 Å². The lowest BCUT2D eigenvalue weighted by molar-refractivity contribution is -0.114. The van der Waals surface area contributed by atoms with E-state index in [1.54, 1.807) is 17.8 Å². The lowest BCUT2D eigenvalue weighted by Crippen LogP contribution is -2.18. The highest BCUT2D eigenvalue weighted by molar-refractivity contribution is 7.92. The zero-order valence-electron chi connectivity index (χ0n) is 16.3. The normalized spacial score (nSPS) is 11.3. The molecule has 0 unspecified atom stereocenters. The van der Waals surface area contributed by atoms with Crippen molar-refractivity contribution in [2.45, 2.75) is 13.8 Å². The van der Waals surface area contributed by atoms with Crippen molar-refractivity contribution in [3.63, 3.8) is 0 Å². The molecule has 152 valence electrons. The number of aryl methyl sites for hydroxylation is 2. The van der Waals surface area contributed by atoms with Gasteiger partial charge in [-0.1, -0.05) is 0 Å². The Morgan fingerprint density at radius 1 is 1.10 bits per heavy atom. The van der Waals surface area contributed by atoms with E-state index in [4.69, 9.17) is 0 Å². The molecule has 10 nitrogen and oxygen atoms in total. The lowest BCUT2D eigenvalue weighted by atomic mass is 10.1. The van der Waals surface area contributed by atoms with Crippen LogP contribution >= 0.6 is 0 Å². The van der Waals surface area contributed by atoms with Crippen LogP contribution in [0.15, 0.2) is 30.5 Å². The number of nitrogens with zero attached hydrogens (tertiary/aromatic N) is 3. The smallest absolute Gasteiger partial charge is 0.257 e. The number of amides is 2. The molecular weight excluding hydrogens is 396 g/mol. The molecule has 0 spiro atoms. The number of sulfonamides is 1. The van der Waals surface area contributed by atoms with E-state index < -0.39 is 15.9 Å². The number of nitrogens with one attached hydrogen (secondary N) is 3. The molecule has 0 atom stereocenters. The van der Waals surface area contributed by atoms with Gasteiger partial charge in [-0.05, 0) is 31.2 Å². The third kappa shape index (κ3) is 4.69. The summed E-state index contributed by atoms with van der Waals surface area (Å²) in [5.41, 5.74) is 2.35. The van der Waals surface area contributed by atoms with Crippen LogP contribution in [0.3, 0.4) is 0 Å². The van der Waals surface area contributed by atoms with Crippen molar-refractivity contribution >= 4 is 49.9 Å². The van der Waals surface area contributed by atoms with Crippen LogP contribution in [0.5, 0.6) is 0 Å². The summed E-state index contributed by atoms with van der Waals surface area (Å²) in [7, 11) is -1.84. The molecule has 0 fully saturated rings. The SMILES string of the molecule is CC(=O)Nc1ccc(NS(C)(=O)=O)c(C(=O)Nc2cnc3c(c2)c(C)nn3C)c1. The number of carbonyl (C=O) groups is 2. The van der Waals surface area contributed by atoms with Gasteiger partial charge < -0.3 is 10.6 Å². The van der Waals surface area contributed by atoms with Gasteiger partial charge in [0.2, 0.25) is 15.9 Å². The molecule has 0 aliphatic rings. The van der Waals surface area contributed by atoms with E-state index in [9.17, 15) is 18.0 Å². The third-order valence-electron chi connectivity index (χ3n) is 4.00. The summed E-state index contributed by atoms with van der Waals surface area (Å²) in [6.45, 7) is 3.17. The van der Waals surface area contributed by atoms with E-state index in [2.05, 4.69) is 25.4 Å². The second-order valence-corrected chi connectivity index (χ2v) is 8.32. The van der Waals surface area contributed by atoms with Gasteiger partial charge in [0.15, 0.2) is 5.65 Å². The first kappa shape index (κ1) is 20.3. The van der Waals surface area contributed by atoms with Crippen molar-refractivity contribution in [3.8, 4) is 0 Å². The number of benzene rings is 1. The van der Waals surface area contributed by atoms with Gasteiger partial charge in [-0.2, -0.15) is 5.10 Å². The van der Waals surface area contributed by atoms with Crippen molar-refractivity contribution in [1.82, 2.24) is 14.8 Å². The standard InChI is InChI=1S/C18H20N6O4S/c1-10-14-8-13(9-19-17(14)24(3)22-10)21-18(26)15-7-12(20-11(2)25)5-6-16(15)23-29(4,27)28/h5-9,23H,1-4H3,(H,20,25)(H,21,26). The fourth-order valence-electron chi connectivity index (χ4n) is 2.88. The summed E-state index contributed by atoms with van der Waals surface area (Å²) in [6, 6.07) is 6.04. The summed E-state index contributed by atoms with van der Waals surface area (Å²) in [6.07, 6.45) is 2.47. The minimum Gasteiger partial charge on any atom is -0.326 e. The van der Waals surface area contributed by atoms with Crippen molar-refractivity contribution in [3.05, 3.63) is 41.7 Å². The van der Waals surface area contributed by atoms with Gasteiger partial charge in [-0.25, -0.2) is 13.4 Å². The first-order valence-electron chi connectivity index (χ1n) is 8.53. The van der Waals surface area contributed by atoms with Crippen molar-refractivity contribution < 1.29 is 18.0 Å². The van der Waals surface area contributed by atoms with Crippen LogP contribution in [0, 0.1) is 6.92 Å². The van der Waals surface area contributed by atoms with Gasteiger partial charge in [-0.3, -0.25) is 19.0 Å². The predicted octanol–water partition coefficient (Wildman–Crippen LogP) is 1.86. The molecule has 1 aromatic carbocycles. The monoisotopic (exact) mass is 416 g/mol. The topological polar surface area (TPSA) is 135 Å². The maximum atomic E-state index is 12.9. The van der Waals surface area contributed by atoms with Crippen LogP contribution in [-0.4, -0.2) is 41.3 Å². The number of rotatable bonds is 5. The fraction of sp³-hybridized carbons (Fsp3) is 0.222. The molecule has 0 bridgehead atoms. The molecule has 0 radical (unpaired) electrons. The number of carbonyl (C=O) groups excluding carboxylic acids is 2. The highest BCUT2D eigenvalue weighted by atomic mass is 32.2. The first-order valence-corrected chi connectivity index (χ1v) is 10.4. The van der Waals surface area contributed by atoms with Gasteiger partial charge in [0.25, 0.3) is 5.91 Å². The van der Waals surface area contributed by atoms with Crippen molar-refractivity contribution in [2.24, 2.45) is 7.05 Å². The minimum atomic E-state index is -3.61. The molecule has 3 N–H and O–H groups in total. The summed E-state index contributed by atoms with van der Waals surface area (Å²) in [4.78, 5) is 28.5. The van der Waals surface area contributed by atoms with Gasteiger partial charge in [0.05, 0.1) is 35.1 Å². The summed E-state index contributed by atoms with van der Waals surface area (Å²) >= 11 is 0. The molecular formula is C18H20N6O4S. The van der Waals surface area contributed by atoms with Gasteiger partial charge in [0.1, 0.15) is 0 Å². The van der Waals surface area contributed by atoms with Crippen LogP contribution in [0.25, 0.3) is 11.0 Å². The molecule has 0 saturated heterocycles. The molecule has 3 aromatic rings. The van der Waals surface area contributed by atoms with E-state index in [0.29, 0.717) is 17.0 Å². The number of fused-ring (bicyclic) bond motifs is 1. The average Bonchev–Trinajstić information content (AvgIpc) is 2.88.